The lowest BCUT2D eigenvalue weighted by Gasteiger charge is -2.13. The predicted molar refractivity (Wildman–Crippen MR) is 116 cm³/mol. The number of hydrogen-bond acceptors (Lipinski definition) is 5. The van der Waals surface area contributed by atoms with Crippen LogP contribution in [0.2, 0.25) is 0 Å². The average molecular weight is 408 g/mol. The van der Waals surface area contributed by atoms with Crippen LogP contribution in [0, 0.1) is 6.92 Å². The van der Waals surface area contributed by atoms with Gasteiger partial charge in [0, 0.05) is 28.6 Å². The van der Waals surface area contributed by atoms with Crippen LogP contribution in [0.1, 0.15) is 43.6 Å². The zero-order valence-electron chi connectivity index (χ0n) is 16.6. The number of para-hydroxylation sites is 1. The minimum atomic E-state index is -0.0421. The summed E-state index contributed by atoms with van der Waals surface area (Å²) in [5, 5.41) is 7.74. The van der Waals surface area contributed by atoms with Crippen molar-refractivity contribution in [2.24, 2.45) is 0 Å². The van der Waals surface area contributed by atoms with E-state index in [0.29, 0.717) is 29.8 Å². The lowest BCUT2D eigenvalue weighted by atomic mass is 10.1. The van der Waals surface area contributed by atoms with E-state index in [4.69, 9.17) is 4.52 Å². The van der Waals surface area contributed by atoms with Crippen molar-refractivity contribution in [1.29, 1.82) is 0 Å². The van der Waals surface area contributed by atoms with Gasteiger partial charge in [0.25, 0.3) is 0 Å². The molecule has 0 bridgehead atoms. The summed E-state index contributed by atoms with van der Waals surface area (Å²) in [4.78, 5) is 18.0. The molecule has 1 aromatic heterocycles. The molecule has 1 aliphatic rings. The van der Waals surface area contributed by atoms with E-state index in [2.05, 4.69) is 21.5 Å². The average Bonchev–Trinajstić information content (AvgIpc) is 3.41. The molecule has 29 heavy (non-hydrogen) atoms. The van der Waals surface area contributed by atoms with Crippen LogP contribution >= 0.6 is 11.8 Å². The molecule has 1 heterocycles. The summed E-state index contributed by atoms with van der Waals surface area (Å²) >= 11 is 1.88. The Morgan fingerprint density at radius 1 is 1.14 bits per heavy atom. The molecule has 1 N–H and O–H groups in total. The summed E-state index contributed by atoms with van der Waals surface area (Å²) in [5.41, 5.74) is 2.98. The fourth-order valence-electron chi connectivity index (χ4n) is 3.47. The maximum absolute atomic E-state index is 12.5. The molecule has 0 atom stereocenters. The normalized spacial score (nSPS) is 14.2. The van der Waals surface area contributed by atoms with Gasteiger partial charge >= 0.3 is 0 Å². The number of thioether (sulfide) groups is 1. The number of rotatable bonds is 7. The Hall–Kier alpha value is -2.60. The Kier molecular flexibility index (Phi) is 6.30. The highest BCUT2D eigenvalue weighted by Crippen LogP contribution is 2.38. The summed E-state index contributed by atoms with van der Waals surface area (Å²) < 4.78 is 5.32. The van der Waals surface area contributed by atoms with Crippen LogP contribution in [0.3, 0.4) is 0 Å². The first-order chi connectivity index (χ1) is 14.2. The van der Waals surface area contributed by atoms with E-state index in [9.17, 15) is 4.79 Å². The summed E-state index contributed by atoms with van der Waals surface area (Å²) in [5.74, 6) is 0.989. The minimum absolute atomic E-state index is 0.0421. The number of aromatic nitrogens is 2. The Bertz CT molecular complexity index is 962. The molecule has 6 heteroatoms. The summed E-state index contributed by atoms with van der Waals surface area (Å²) in [6.45, 7) is 2.04. The molecule has 3 aromatic rings. The van der Waals surface area contributed by atoms with Crippen molar-refractivity contribution >= 4 is 23.4 Å². The second kappa shape index (κ2) is 9.27. The van der Waals surface area contributed by atoms with Crippen molar-refractivity contribution in [3.63, 3.8) is 0 Å². The van der Waals surface area contributed by atoms with Gasteiger partial charge in [-0.25, -0.2) is 0 Å². The van der Waals surface area contributed by atoms with Gasteiger partial charge in [0.05, 0.1) is 5.69 Å². The van der Waals surface area contributed by atoms with E-state index in [0.717, 1.165) is 16.1 Å². The van der Waals surface area contributed by atoms with Crippen molar-refractivity contribution < 1.29 is 9.32 Å². The SMILES string of the molecule is Cc1ccc(-c2noc(CCC(=O)Nc3ccccc3SC3CCCC3)n2)cc1. The topological polar surface area (TPSA) is 68.0 Å². The summed E-state index contributed by atoms with van der Waals surface area (Å²) in [6, 6.07) is 16.0. The molecular weight excluding hydrogens is 382 g/mol. The number of anilines is 1. The molecule has 2 aromatic carbocycles. The third-order valence-electron chi connectivity index (χ3n) is 5.10. The number of hydrogen-bond donors (Lipinski definition) is 1. The van der Waals surface area contributed by atoms with Crippen LogP contribution in [-0.4, -0.2) is 21.3 Å². The van der Waals surface area contributed by atoms with Gasteiger partial charge in [0.2, 0.25) is 17.6 Å². The zero-order chi connectivity index (χ0) is 20.1. The molecule has 5 nitrogen and oxygen atoms in total. The van der Waals surface area contributed by atoms with Crippen LogP contribution in [0.4, 0.5) is 5.69 Å². The smallest absolute Gasteiger partial charge is 0.227 e. The molecule has 0 radical (unpaired) electrons. The number of aryl methyl sites for hydroxylation is 2. The van der Waals surface area contributed by atoms with Crippen LogP contribution in [0.5, 0.6) is 0 Å². The number of carbonyl (C=O) groups excluding carboxylic acids is 1. The van der Waals surface area contributed by atoms with Crippen LogP contribution < -0.4 is 5.32 Å². The number of carbonyl (C=O) groups is 1. The molecule has 1 fully saturated rings. The first kappa shape index (κ1) is 19.7. The summed E-state index contributed by atoms with van der Waals surface area (Å²) in [7, 11) is 0. The lowest BCUT2D eigenvalue weighted by Crippen LogP contribution is -2.13. The van der Waals surface area contributed by atoms with Gasteiger partial charge < -0.3 is 9.84 Å². The Morgan fingerprint density at radius 3 is 2.69 bits per heavy atom. The van der Waals surface area contributed by atoms with Gasteiger partial charge in [-0.05, 0) is 31.9 Å². The van der Waals surface area contributed by atoms with Crippen LogP contribution in [0.15, 0.2) is 57.9 Å². The lowest BCUT2D eigenvalue weighted by molar-refractivity contribution is -0.116. The maximum Gasteiger partial charge on any atom is 0.227 e. The third-order valence-corrected chi connectivity index (χ3v) is 6.52. The quantitative estimate of drug-likeness (QED) is 0.548. The van der Waals surface area contributed by atoms with E-state index in [-0.39, 0.29) is 5.91 Å². The van der Waals surface area contributed by atoms with E-state index in [1.165, 1.54) is 31.2 Å². The molecule has 1 aliphatic carbocycles. The van der Waals surface area contributed by atoms with Gasteiger partial charge in [-0.1, -0.05) is 60.0 Å². The summed E-state index contributed by atoms with van der Waals surface area (Å²) in [6.07, 6.45) is 5.85. The monoisotopic (exact) mass is 407 g/mol. The van der Waals surface area contributed by atoms with Gasteiger partial charge in [0.1, 0.15) is 0 Å². The minimum Gasteiger partial charge on any atom is -0.339 e. The van der Waals surface area contributed by atoms with E-state index < -0.39 is 0 Å². The molecule has 150 valence electrons. The Labute approximate surface area is 175 Å². The standard InChI is InChI=1S/C23H25N3O2S/c1-16-10-12-17(13-11-16)23-25-22(28-26-23)15-14-21(27)24-19-8-4-5-9-20(19)29-18-6-2-3-7-18/h4-5,8-13,18H,2-3,6-7,14-15H2,1H3,(H,24,27). The molecule has 4 rings (SSSR count). The first-order valence-corrected chi connectivity index (χ1v) is 11.0. The number of benzene rings is 2. The highest BCUT2D eigenvalue weighted by molar-refractivity contribution is 8.00. The van der Waals surface area contributed by atoms with Gasteiger partial charge in [0.15, 0.2) is 0 Å². The Balaban J connectivity index is 1.33. The second-order valence-electron chi connectivity index (χ2n) is 7.45. The molecule has 0 aliphatic heterocycles. The van der Waals surface area contributed by atoms with E-state index >= 15 is 0 Å². The number of nitrogens with one attached hydrogen (secondary N) is 1. The van der Waals surface area contributed by atoms with E-state index in [1.807, 2.05) is 61.2 Å². The number of amides is 1. The van der Waals surface area contributed by atoms with Gasteiger partial charge in [-0.15, -0.1) is 11.8 Å². The van der Waals surface area contributed by atoms with Gasteiger partial charge in [-0.3, -0.25) is 4.79 Å². The highest BCUT2D eigenvalue weighted by Gasteiger charge is 2.18. The molecular formula is C23H25N3O2S. The predicted octanol–water partition coefficient (Wildman–Crippen LogP) is 5.65. The zero-order valence-corrected chi connectivity index (χ0v) is 17.4. The Morgan fingerprint density at radius 2 is 1.90 bits per heavy atom. The maximum atomic E-state index is 12.5. The first-order valence-electron chi connectivity index (χ1n) is 10.1. The second-order valence-corrected chi connectivity index (χ2v) is 8.79. The van der Waals surface area contributed by atoms with E-state index in [1.54, 1.807) is 0 Å². The fraction of sp³-hybridized carbons (Fsp3) is 0.348. The number of nitrogens with zero attached hydrogens (tertiary/aromatic N) is 2. The largest absolute Gasteiger partial charge is 0.339 e. The molecule has 0 saturated heterocycles. The van der Waals surface area contributed by atoms with Crippen molar-refractivity contribution in [3.05, 3.63) is 60.0 Å². The van der Waals surface area contributed by atoms with Crippen molar-refractivity contribution in [2.75, 3.05) is 5.32 Å². The molecule has 1 saturated carbocycles. The highest BCUT2D eigenvalue weighted by atomic mass is 32.2. The molecule has 1 amide bonds. The van der Waals surface area contributed by atoms with Crippen LogP contribution in [0.25, 0.3) is 11.4 Å². The van der Waals surface area contributed by atoms with Crippen molar-refractivity contribution in [2.45, 2.75) is 55.6 Å². The van der Waals surface area contributed by atoms with Crippen molar-refractivity contribution in [3.8, 4) is 11.4 Å². The van der Waals surface area contributed by atoms with Crippen molar-refractivity contribution in [1.82, 2.24) is 10.1 Å². The molecule has 0 spiro atoms. The third kappa shape index (κ3) is 5.26. The van der Waals surface area contributed by atoms with Gasteiger partial charge in [-0.2, -0.15) is 4.98 Å². The van der Waals surface area contributed by atoms with Crippen LogP contribution in [-0.2, 0) is 11.2 Å². The molecule has 0 unspecified atom stereocenters. The fourth-order valence-corrected chi connectivity index (χ4v) is 4.80.